The summed E-state index contributed by atoms with van der Waals surface area (Å²) in [7, 11) is 0. The van der Waals surface area contributed by atoms with Crippen LogP contribution in [0.15, 0.2) is 10.5 Å². The molecule has 0 saturated heterocycles. The zero-order chi connectivity index (χ0) is 14.9. The van der Waals surface area contributed by atoms with Gasteiger partial charge in [-0.05, 0) is 32.3 Å². The van der Waals surface area contributed by atoms with Crippen LogP contribution < -0.4 is 0 Å². The fourth-order valence-corrected chi connectivity index (χ4v) is 2.11. The molecule has 0 aromatic carbocycles. The van der Waals surface area contributed by atoms with Crippen LogP contribution in [0.5, 0.6) is 0 Å². The number of rotatable bonds is 5. The molecule has 108 valence electrons. The Balaban J connectivity index is 2.49. The number of aromatic carboxylic acids is 1. The van der Waals surface area contributed by atoms with Crippen LogP contribution in [0.25, 0.3) is 11.6 Å². The molecule has 2 heterocycles. The van der Waals surface area contributed by atoms with Crippen LogP contribution in [0.4, 0.5) is 0 Å². The molecule has 6 heteroatoms. The van der Waals surface area contributed by atoms with Gasteiger partial charge in [-0.3, -0.25) is 4.68 Å². The molecule has 6 nitrogen and oxygen atoms in total. The van der Waals surface area contributed by atoms with Gasteiger partial charge in [-0.2, -0.15) is 5.10 Å². The highest BCUT2D eigenvalue weighted by molar-refractivity contribution is 5.86. The van der Waals surface area contributed by atoms with E-state index in [1.54, 1.807) is 4.68 Å². The number of carbonyl (C=O) groups is 1. The Morgan fingerprint density at radius 3 is 2.75 bits per heavy atom. The lowest BCUT2D eigenvalue weighted by Gasteiger charge is -2.00. The van der Waals surface area contributed by atoms with Gasteiger partial charge in [0.2, 0.25) is 11.7 Å². The first-order valence-corrected chi connectivity index (χ1v) is 6.70. The number of aryl methyl sites for hydroxylation is 2. The van der Waals surface area contributed by atoms with E-state index in [0.29, 0.717) is 36.2 Å². The topological polar surface area (TPSA) is 81.2 Å². The lowest BCUT2D eigenvalue weighted by Crippen LogP contribution is -2.03. The predicted octanol–water partition coefficient (Wildman–Crippen LogP) is 2.76. The summed E-state index contributed by atoms with van der Waals surface area (Å²) in [6, 6.07) is 1.85. The lowest BCUT2D eigenvalue weighted by atomic mass is 10.1. The van der Waals surface area contributed by atoms with Crippen LogP contribution in [0, 0.1) is 12.8 Å². The molecule has 0 unspecified atom stereocenters. The first kappa shape index (κ1) is 14.3. The maximum absolute atomic E-state index is 11.3. The van der Waals surface area contributed by atoms with Gasteiger partial charge in [0, 0.05) is 6.54 Å². The van der Waals surface area contributed by atoms with Gasteiger partial charge in [0.25, 0.3) is 0 Å². The Kier molecular flexibility index (Phi) is 3.92. The van der Waals surface area contributed by atoms with Crippen LogP contribution in [0.3, 0.4) is 0 Å². The van der Waals surface area contributed by atoms with Crippen molar-refractivity contribution >= 4 is 5.97 Å². The molecule has 20 heavy (non-hydrogen) atoms. The van der Waals surface area contributed by atoms with Crippen LogP contribution in [-0.4, -0.2) is 25.8 Å². The van der Waals surface area contributed by atoms with E-state index < -0.39 is 5.97 Å². The third-order valence-electron chi connectivity index (χ3n) is 2.91. The molecular weight excluding hydrogens is 258 g/mol. The molecule has 0 aliphatic heterocycles. The number of nitrogens with zero attached hydrogens (tertiary/aromatic N) is 3. The highest BCUT2D eigenvalue weighted by Gasteiger charge is 2.22. The van der Waals surface area contributed by atoms with Gasteiger partial charge >= 0.3 is 5.97 Å². The van der Waals surface area contributed by atoms with Crippen LogP contribution >= 0.6 is 0 Å². The zero-order valence-corrected chi connectivity index (χ0v) is 12.2. The molecule has 2 aromatic heterocycles. The van der Waals surface area contributed by atoms with Gasteiger partial charge in [-0.25, -0.2) is 9.78 Å². The van der Waals surface area contributed by atoms with E-state index in [0.717, 1.165) is 5.69 Å². The van der Waals surface area contributed by atoms with Crippen LogP contribution in [0.2, 0.25) is 0 Å². The molecule has 2 rings (SSSR count). The quantitative estimate of drug-likeness (QED) is 0.908. The fraction of sp³-hybridized carbons (Fsp3) is 0.500. The predicted molar refractivity (Wildman–Crippen MR) is 73.6 cm³/mol. The Bertz CT molecular complexity index is 626. The molecule has 0 atom stereocenters. The summed E-state index contributed by atoms with van der Waals surface area (Å²) in [6.07, 6.45) is 0.574. The van der Waals surface area contributed by atoms with E-state index in [1.165, 1.54) is 0 Å². The van der Waals surface area contributed by atoms with E-state index >= 15 is 0 Å². The maximum Gasteiger partial charge on any atom is 0.373 e. The second kappa shape index (κ2) is 5.48. The molecule has 0 saturated carbocycles. The number of aromatic nitrogens is 3. The Labute approximate surface area is 117 Å². The molecule has 1 N–H and O–H groups in total. The molecule has 0 fully saturated rings. The van der Waals surface area contributed by atoms with Crippen molar-refractivity contribution in [2.24, 2.45) is 5.92 Å². The van der Waals surface area contributed by atoms with Crippen molar-refractivity contribution in [3.05, 3.63) is 23.2 Å². The molecule has 2 aromatic rings. The summed E-state index contributed by atoms with van der Waals surface area (Å²) >= 11 is 0. The molecular formula is C14H19N3O3. The van der Waals surface area contributed by atoms with Gasteiger partial charge in [0.05, 0.1) is 11.4 Å². The minimum absolute atomic E-state index is 0.0739. The summed E-state index contributed by atoms with van der Waals surface area (Å²) in [6.45, 7) is 8.55. The van der Waals surface area contributed by atoms with E-state index in [9.17, 15) is 9.90 Å². The van der Waals surface area contributed by atoms with Crippen LogP contribution in [0.1, 0.15) is 42.7 Å². The maximum atomic E-state index is 11.3. The molecule has 0 bridgehead atoms. The first-order chi connectivity index (χ1) is 9.42. The summed E-state index contributed by atoms with van der Waals surface area (Å²) in [5.41, 5.74) is 2.05. The number of hydrogen-bond acceptors (Lipinski definition) is 4. The van der Waals surface area contributed by atoms with E-state index in [-0.39, 0.29) is 5.76 Å². The average Bonchev–Trinajstić information content (AvgIpc) is 2.91. The second-order valence-electron chi connectivity index (χ2n) is 5.18. The SMILES string of the molecule is CCn1nc(C)cc1-c1nc(CC(C)C)c(C(=O)O)o1. The standard InChI is InChI=1S/C14H19N3O3/c1-5-17-11(7-9(4)16-17)13-15-10(6-8(2)3)12(20-13)14(18)19/h7-8H,5-6H2,1-4H3,(H,18,19). The molecule has 0 aliphatic rings. The molecule has 0 amide bonds. The van der Waals surface area contributed by atoms with Crippen molar-refractivity contribution < 1.29 is 14.3 Å². The molecule has 0 radical (unpaired) electrons. The normalized spacial score (nSPS) is 11.2. The number of carboxylic acid groups (broad SMARTS) is 1. The van der Waals surface area contributed by atoms with Gasteiger partial charge in [-0.15, -0.1) is 0 Å². The summed E-state index contributed by atoms with van der Waals surface area (Å²) in [4.78, 5) is 15.6. The van der Waals surface area contributed by atoms with Gasteiger partial charge < -0.3 is 9.52 Å². The third-order valence-corrected chi connectivity index (χ3v) is 2.91. The number of oxazole rings is 1. The average molecular weight is 277 g/mol. The lowest BCUT2D eigenvalue weighted by molar-refractivity contribution is 0.0661. The highest BCUT2D eigenvalue weighted by atomic mass is 16.4. The third kappa shape index (κ3) is 2.74. The van der Waals surface area contributed by atoms with Crippen molar-refractivity contribution in [3.63, 3.8) is 0 Å². The fourth-order valence-electron chi connectivity index (χ4n) is 2.11. The van der Waals surface area contributed by atoms with E-state index in [4.69, 9.17) is 4.42 Å². The monoisotopic (exact) mass is 277 g/mol. The Morgan fingerprint density at radius 2 is 2.20 bits per heavy atom. The van der Waals surface area contributed by atoms with E-state index in [2.05, 4.69) is 10.1 Å². The Hall–Kier alpha value is -2.11. The summed E-state index contributed by atoms with van der Waals surface area (Å²) in [5.74, 6) is -0.529. The van der Waals surface area contributed by atoms with Crippen LogP contribution in [-0.2, 0) is 13.0 Å². The van der Waals surface area contributed by atoms with E-state index in [1.807, 2.05) is 33.8 Å². The van der Waals surface area contributed by atoms with Gasteiger partial charge in [-0.1, -0.05) is 13.8 Å². The van der Waals surface area contributed by atoms with Crippen molar-refractivity contribution in [3.8, 4) is 11.6 Å². The van der Waals surface area contributed by atoms with Crippen molar-refractivity contribution in [2.75, 3.05) is 0 Å². The second-order valence-corrected chi connectivity index (χ2v) is 5.18. The number of carboxylic acids is 1. The van der Waals surface area contributed by atoms with Crippen molar-refractivity contribution in [2.45, 2.75) is 40.7 Å². The minimum Gasteiger partial charge on any atom is -0.475 e. The van der Waals surface area contributed by atoms with Gasteiger partial charge in [0.1, 0.15) is 5.69 Å². The zero-order valence-electron chi connectivity index (χ0n) is 12.2. The Morgan fingerprint density at radius 1 is 1.50 bits per heavy atom. The first-order valence-electron chi connectivity index (χ1n) is 6.70. The summed E-state index contributed by atoms with van der Waals surface area (Å²) < 4.78 is 7.20. The largest absolute Gasteiger partial charge is 0.475 e. The molecule has 0 spiro atoms. The van der Waals surface area contributed by atoms with Crippen molar-refractivity contribution in [1.82, 2.24) is 14.8 Å². The van der Waals surface area contributed by atoms with Crippen molar-refractivity contribution in [1.29, 1.82) is 0 Å². The smallest absolute Gasteiger partial charge is 0.373 e. The number of hydrogen-bond donors (Lipinski definition) is 1. The summed E-state index contributed by atoms with van der Waals surface area (Å²) in [5, 5.41) is 13.5. The molecule has 0 aliphatic carbocycles. The minimum atomic E-state index is -1.08. The highest BCUT2D eigenvalue weighted by Crippen LogP contribution is 2.24. The van der Waals surface area contributed by atoms with Gasteiger partial charge in [0.15, 0.2) is 0 Å².